The Morgan fingerprint density at radius 3 is 2.81 bits per heavy atom. The highest BCUT2D eigenvalue weighted by Gasteiger charge is 2.37. The predicted molar refractivity (Wildman–Crippen MR) is 79.4 cm³/mol. The van der Waals surface area contributed by atoms with E-state index in [4.69, 9.17) is 9.47 Å². The molecule has 0 bridgehead atoms. The van der Waals surface area contributed by atoms with Crippen molar-refractivity contribution in [1.29, 1.82) is 0 Å². The minimum atomic E-state index is -0.243. The summed E-state index contributed by atoms with van der Waals surface area (Å²) in [6.07, 6.45) is 6.42. The fourth-order valence-electron chi connectivity index (χ4n) is 2.65. The summed E-state index contributed by atoms with van der Waals surface area (Å²) in [6.45, 7) is -0.0462. The Morgan fingerprint density at radius 1 is 1.33 bits per heavy atom. The molecule has 2 atom stereocenters. The van der Waals surface area contributed by atoms with Gasteiger partial charge in [-0.3, -0.25) is 4.79 Å². The zero-order valence-corrected chi connectivity index (χ0v) is 11.9. The van der Waals surface area contributed by atoms with Gasteiger partial charge in [0.25, 0.3) is 5.91 Å². The van der Waals surface area contributed by atoms with Crippen molar-refractivity contribution < 1.29 is 14.3 Å². The number of hydrogen-bond donors (Lipinski definition) is 1. The van der Waals surface area contributed by atoms with Crippen molar-refractivity contribution in [2.24, 2.45) is 16.9 Å². The van der Waals surface area contributed by atoms with Gasteiger partial charge in [0, 0.05) is 11.6 Å². The van der Waals surface area contributed by atoms with Crippen molar-refractivity contribution in [1.82, 2.24) is 5.43 Å². The van der Waals surface area contributed by atoms with E-state index < -0.39 is 0 Å². The second kappa shape index (κ2) is 5.99. The van der Waals surface area contributed by atoms with Crippen LogP contribution in [0, 0.1) is 11.8 Å². The monoisotopic (exact) mass is 286 g/mol. The molecular weight excluding hydrogens is 268 g/mol. The molecule has 0 spiro atoms. The smallest absolute Gasteiger partial charge is 0.277 e. The van der Waals surface area contributed by atoms with E-state index in [-0.39, 0.29) is 12.5 Å². The van der Waals surface area contributed by atoms with Gasteiger partial charge in [-0.25, -0.2) is 5.43 Å². The number of ether oxygens (including phenoxy) is 2. The predicted octanol–water partition coefficient (Wildman–Crippen LogP) is 2.14. The van der Waals surface area contributed by atoms with Gasteiger partial charge in [0.05, 0.1) is 7.11 Å². The minimum Gasteiger partial charge on any atom is -0.497 e. The first kappa shape index (κ1) is 13.7. The van der Waals surface area contributed by atoms with Crippen LogP contribution in [0.25, 0.3) is 0 Å². The molecule has 1 aromatic carbocycles. The van der Waals surface area contributed by atoms with E-state index in [1.807, 2.05) is 0 Å². The van der Waals surface area contributed by atoms with Crippen molar-refractivity contribution in [3.05, 3.63) is 36.4 Å². The molecule has 2 aliphatic rings. The first-order chi connectivity index (χ1) is 10.3. The molecule has 2 aliphatic carbocycles. The van der Waals surface area contributed by atoms with Crippen molar-refractivity contribution in [2.75, 3.05) is 13.7 Å². The summed E-state index contributed by atoms with van der Waals surface area (Å²) in [7, 11) is 1.60. The second-order valence-electron chi connectivity index (χ2n) is 5.24. The fourth-order valence-corrected chi connectivity index (χ4v) is 2.65. The summed E-state index contributed by atoms with van der Waals surface area (Å²) < 4.78 is 10.4. The molecule has 5 heteroatoms. The van der Waals surface area contributed by atoms with Crippen LogP contribution in [0.3, 0.4) is 0 Å². The molecule has 1 aromatic rings. The van der Waals surface area contributed by atoms with Gasteiger partial charge in [-0.15, -0.1) is 0 Å². The van der Waals surface area contributed by atoms with E-state index in [1.165, 1.54) is 0 Å². The van der Waals surface area contributed by atoms with Gasteiger partial charge < -0.3 is 9.47 Å². The number of hydrazone groups is 1. The molecule has 1 saturated carbocycles. The lowest BCUT2D eigenvalue weighted by molar-refractivity contribution is -0.123. The molecule has 0 aromatic heterocycles. The largest absolute Gasteiger partial charge is 0.497 e. The van der Waals surface area contributed by atoms with Crippen molar-refractivity contribution in [3.63, 3.8) is 0 Å². The van der Waals surface area contributed by atoms with Crippen LogP contribution in [0.4, 0.5) is 0 Å². The molecule has 21 heavy (non-hydrogen) atoms. The summed E-state index contributed by atoms with van der Waals surface area (Å²) >= 11 is 0. The van der Waals surface area contributed by atoms with Crippen molar-refractivity contribution in [3.8, 4) is 11.5 Å². The first-order valence-electron chi connectivity index (χ1n) is 7.05. The van der Waals surface area contributed by atoms with Crippen LogP contribution in [-0.4, -0.2) is 25.3 Å². The number of hydrogen-bond acceptors (Lipinski definition) is 4. The Hall–Kier alpha value is -2.30. The molecule has 1 amide bonds. The quantitative estimate of drug-likeness (QED) is 0.666. The summed E-state index contributed by atoms with van der Waals surface area (Å²) in [4.78, 5) is 11.7. The number of nitrogens with zero attached hydrogens (tertiary/aromatic N) is 1. The maximum atomic E-state index is 11.7. The number of rotatable bonds is 5. The molecule has 5 nitrogen and oxygen atoms in total. The average molecular weight is 286 g/mol. The lowest BCUT2D eigenvalue weighted by Gasteiger charge is -2.31. The molecular formula is C16H18N2O3. The third kappa shape index (κ3) is 3.07. The molecule has 0 aliphatic heterocycles. The van der Waals surface area contributed by atoms with E-state index >= 15 is 0 Å². The van der Waals surface area contributed by atoms with Crippen molar-refractivity contribution >= 4 is 11.6 Å². The van der Waals surface area contributed by atoms with Crippen LogP contribution in [0.1, 0.15) is 12.8 Å². The molecule has 3 rings (SSSR count). The van der Waals surface area contributed by atoms with E-state index in [0.717, 1.165) is 24.3 Å². The normalized spacial score (nSPS) is 24.3. The summed E-state index contributed by atoms with van der Waals surface area (Å²) in [6, 6.07) is 7.10. The van der Waals surface area contributed by atoms with Gasteiger partial charge in [-0.1, -0.05) is 12.2 Å². The van der Waals surface area contributed by atoms with Gasteiger partial charge in [-0.05, 0) is 43.0 Å². The number of methoxy groups -OCH3 is 1. The van der Waals surface area contributed by atoms with Crippen LogP contribution >= 0.6 is 0 Å². The van der Waals surface area contributed by atoms with Crippen LogP contribution in [-0.2, 0) is 4.79 Å². The Kier molecular flexibility index (Phi) is 3.90. The van der Waals surface area contributed by atoms with Crippen LogP contribution < -0.4 is 14.9 Å². The number of amides is 1. The van der Waals surface area contributed by atoms with E-state index in [0.29, 0.717) is 17.6 Å². The Labute approximate surface area is 123 Å². The molecule has 0 unspecified atom stereocenters. The highest BCUT2D eigenvalue weighted by Crippen LogP contribution is 2.39. The topological polar surface area (TPSA) is 59.9 Å². The average Bonchev–Trinajstić information content (AvgIpc) is 2.87. The minimum absolute atomic E-state index is 0.0462. The lowest BCUT2D eigenvalue weighted by atomic mass is 9.74. The molecule has 0 radical (unpaired) electrons. The van der Waals surface area contributed by atoms with Crippen LogP contribution in [0.5, 0.6) is 11.5 Å². The number of carbonyl (C=O) groups excluding carboxylic acids is 1. The fraction of sp³-hybridized carbons (Fsp3) is 0.375. The van der Waals surface area contributed by atoms with Crippen LogP contribution in [0.2, 0.25) is 0 Å². The van der Waals surface area contributed by atoms with Gasteiger partial charge in [0.1, 0.15) is 11.5 Å². The van der Waals surface area contributed by atoms with Crippen molar-refractivity contribution in [2.45, 2.75) is 12.8 Å². The highest BCUT2D eigenvalue weighted by molar-refractivity contribution is 5.94. The second-order valence-corrected chi connectivity index (χ2v) is 5.24. The Bertz CT molecular complexity index is 578. The standard InChI is InChI=1S/C16H18N2O3/c1-20-12-5-7-13(8-6-12)21-10-16(19)18-17-15-9-11-3-2-4-14(11)15/h2-3,5-8,11,14H,4,9-10H2,1H3,(H,18,19)/b17-15-/t11-,14+/m0/s1. The molecule has 1 fully saturated rings. The summed E-state index contributed by atoms with van der Waals surface area (Å²) in [5.41, 5.74) is 3.65. The zero-order chi connectivity index (χ0) is 14.7. The Balaban J connectivity index is 1.43. The zero-order valence-electron chi connectivity index (χ0n) is 11.9. The van der Waals surface area contributed by atoms with Crippen LogP contribution in [0.15, 0.2) is 41.5 Å². The molecule has 1 N–H and O–H groups in total. The van der Waals surface area contributed by atoms with E-state index in [1.54, 1.807) is 31.4 Å². The van der Waals surface area contributed by atoms with Gasteiger partial charge in [0.2, 0.25) is 0 Å². The third-order valence-corrected chi connectivity index (χ3v) is 3.92. The summed E-state index contributed by atoms with van der Waals surface area (Å²) in [5.74, 6) is 2.28. The number of nitrogens with one attached hydrogen (secondary N) is 1. The molecule has 0 heterocycles. The maximum Gasteiger partial charge on any atom is 0.277 e. The summed E-state index contributed by atoms with van der Waals surface area (Å²) in [5, 5.41) is 4.19. The third-order valence-electron chi connectivity index (χ3n) is 3.92. The Morgan fingerprint density at radius 2 is 2.10 bits per heavy atom. The van der Waals surface area contributed by atoms with Gasteiger partial charge in [0.15, 0.2) is 6.61 Å². The lowest BCUT2D eigenvalue weighted by Crippen LogP contribution is -2.36. The number of fused-ring (bicyclic) bond motifs is 1. The first-order valence-corrected chi connectivity index (χ1v) is 7.05. The number of benzene rings is 1. The van der Waals surface area contributed by atoms with E-state index in [2.05, 4.69) is 22.7 Å². The maximum absolute atomic E-state index is 11.7. The molecule has 0 saturated heterocycles. The SMILES string of the molecule is COc1ccc(OCC(=O)N/N=C2/C[C@@H]3C=CC[C@@H]23)cc1. The van der Waals surface area contributed by atoms with Gasteiger partial charge >= 0.3 is 0 Å². The molecule has 110 valence electrons. The number of carbonyl (C=O) groups is 1. The van der Waals surface area contributed by atoms with E-state index in [9.17, 15) is 4.79 Å². The number of allylic oxidation sites excluding steroid dienone is 2. The van der Waals surface area contributed by atoms with Gasteiger partial charge in [-0.2, -0.15) is 5.10 Å². The highest BCUT2D eigenvalue weighted by atomic mass is 16.5.